The number of rotatable bonds is 1. The fourth-order valence-corrected chi connectivity index (χ4v) is 1.24. The average molecular weight is 177 g/mol. The Bertz CT molecular complexity index is 389. The monoisotopic (exact) mass is 177 g/mol. The zero-order chi connectivity index (χ0) is 9.26. The number of H-pyrrole nitrogens is 1. The lowest BCUT2D eigenvalue weighted by Gasteiger charge is -1.99. The number of hydrogen-bond donors (Lipinski definition) is 2. The molecule has 2 rings (SSSR count). The van der Waals surface area contributed by atoms with Gasteiger partial charge in [0.05, 0.1) is 0 Å². The van der Waals surface area contributed by atoms with Crippen LogP contribution in [0.4, 0.5) is 4.39 Å². The molecule has 1 aromatic carbocycles. The minimum atomic E-state index is -0.440. The van der Waals surface area contributed by atoms with E-state index in [0.717, 1.165) is 11.8 Å². The maximum absolute atomic E-state index is 12.8. The normalized spacial score (nSPS) is 10.2. The van der Waals surface area contributed by atoms with E-state index in [1.807, 2.05) is 12.1 Å². The van der Waals surface area contributed by atoms with Crippen LogP contribution in [0, 0.1) is 5.82 Å². The average Bonchev–Trinajstić information content (AvgIpc) is 2.53. The van der Waals surface area contributed by atoms with E-state index < -0.39 is 5.82 Å². The summed E-state index contributed by atoms with van der Waals surface area (Å²) in [5.74, 6) is -0.505. The molecule has 0 spiro atoms. The van der Waals surface area contributed by atoms with Gasteiger partial charge in [0.1, 0.15) is 11.6 Å². The van der Waals surface area contributed by atoms with Crippen molar-refractivity contribution in [2.75, 3.05) is 0 Å². The smallest absolute Gasteiger partial charge is 0.127 e. The van der Waals surface area contributed by atoms with Gasteiger partial charge in [-0.2, -0.15) is 0 Å². The SMILES string of the molecule is Oc1cc(F)cc(-c2ccc[nH]2)c1. The molecule has 2 N–H and O–H groups in total. The van der Waals surface area contributed by atoms with Crippen LogP contribution in [0.2, 0.25) is 0 Å². The Balaban J connectivity index is 2.53. The van der Waals surface area contributed by atoms with E-state index >= 15 is 0 Å². The molecule has 0 aliphatic rings. The second-order valence-corrected chi connectivity index (χ2v) is 2.78. The van der Waals surface area contributed by atoms with Crippen molar-refractivity contribution in [1.82, 2.24) is 4.98 Å². The van der Waals surface area contributed by atoms with E-state index in [2.05, 4.69) is 4.98 Å². The Labute approximate surface area is 74.7 Å². The van der Waals surface area contributed by atoms with Crippen LogP contribution < -0.4 is 0 Å². The lowest BCUT2D eigenvalue weighted by atomic mass is 10.1. The molecule has 1 heterocycles. The molecule has 3 heteroatoms. The van der Waals surface area contributed by atoms with Crippen LogP contribution in [-0.4, -0.2) is 10.1 Å². The molecule has 2 aromatic rings. The summed E-state index contributed by atoms with van der Waals surface area (Å²) in [6.45, 7) is 0. The number of aromatic nitrogens is 1. The summed E-state index contributed by atoms with van der Waals surface area (Å²) in [5, 5.41) is 9.14. The highest BCUT2D eigenvalue weighted by atomic mass is 19.1. The summed E-state index contributed by atoms with van der Waals surface area (Å²) < 4.78 is 12.8. The van der Waals surface area contributed by atoms with Gasteiger partial charge < -0.3 is 10.1 Å². The number of hydrogen-bond acceptors (Lipinski definition) is 1. The molecule has 0 saturated heterocycles. The van der Waals surface area contributed by atoms with E-state index in [1.54, 1.807) is 6.20 Å². The van der Waals surface area contributed by atoms with Crippen LogP contribution in [-0.2, 0) is 0 Å². The van der Waals surface area contributed by atoms with Crippen molar-refractivity contribution in [2.24, 2.45) is 0 Å². The number of halogens is 1. The van der Waals surface area contributed by atoms with Gasteiger partial charge in [0.25, 0.3) is 0 Å². The van der Waals surface area contributed by atoms with Crippen LogP contribution in [0.5, 0.6) is 5.75 Å². The van der Waals surface area contributed by atoms with Gasteiger partial charge >= 0.3 is 0 Å². The molecule has 2 nitrogen and oxygen atoms in total. The first-order valence-electron chi connectivity index (χ1n) is 3.89. The number of aromatic amines is 1. The van der Waals surface area contributed by atoms with Gasteiger partial charge in [-0.05, 0) is 24.3 Å². The highest BCUT2D eigenvalue weighted by Crippen LogP contribution is 2.23. The third-order valence-corrected chi connectivity index (χ3v) is 1.79. The number of benzene rings is 1. The lowest BCUT2D eigenvalue weighted by Crippen LogP contribution is -1.80. The largest absolute Gasteiger partial charge is 0.508 e. The molecule has 66 valence electrons. The van der Waals surface area contributed by atoms with E-state index in [9.17, 15) is 4.39 Å². The summed E-state index contributed by atoms with van der Waals surface area (Å²) in [5.41, 5.74) is 1.43. The summed E-state index contributed by atoms with van der Waals surface area (Å²) in [7, 11) is 0. The predicted octanol–water partition coefficient (Wildman–Crippen LogP) is 2.53. The molecular formula is C10H8FNO. The summed E-state index contributed by atoms with van der Waals surface area (Å²) in [4.78, 5) is 2.93. The molecule has 0 atom stereocenters. The fraction of sp³-hybridized carbons (Fsp3) is 0. The fourth-order valence-electron chi connectivity index (χ4n) is 1.24. The molecule has 0 amide bonds. The van der Waals surface area contributed by atoms with Crippen molar-refractivity contribution in [3.8, 4) is 17.0 Å². The maximum Gasteiger partial charge on any atom is 0.127 e. The minimum Gasteiger partial charge on any atom is -0.508 e. The van der Waals surface area contributed by atoms with Crippen LogP contribution >= 0.6 is 0 Å². The zero-order valence-corrected chi connectivity index (χ0v) is 6.79. The van der Waals surface area contributed by atoms with Gasteiger partial charge in [-0.15, -0.1) is 0 Å². The molecule has 13 heavy (non-hydrogen) atoms. The Morgan fingerprint density at radius 3 is 2.69 bits per heavy atom. The summed E-state index contributed by atoms with van der Waals surface area (Å²) >= 11 is 0. The number of phenolic OH excluding ortho intramolecular Hbond substituents is 1. The van der Waals surface area contributed by atoms with Crippen molar-refractivity contribution in [3.05, 3.63) is 42.3 Å². The van der Waals surface area contributed by atoms with Crippen molar-refractivity contribution >= 4 is 0 Å². The predicted molar refractivity (Wildman–Crippen MR) is 47.9 cm³/mol. The van der Waals surface area contributed by atoms with Crippen LogP contribution in [0.3, 0.4) is 0 Å². The first-order valence-corrected chi connectivity index (χ1v) is 3.89. The van der Waals surface area contributed by atoms with Crippen LogP contribution in [0.25, 0.3) is 11.3 Å². The molecule has 0 aliphatic carbocycles. The number of phenols is 1. The second-order valence-electron chi connectivity index (χ2n) is 2.78. The molecule has 0 saturated carbocycles. The van der Waals surface area contributed by atoms with E-state index in [-0.39, 0.29) is 5.75 Å². The standard InChI is InChI=1S/C10H8FNO/c11-8-4-7(5-9(13)6-8)10-2-1-3-12-10/h1-6,12-13H. The first-order chi connectivity index (χ1) is 6.25. The Morgan fingerprint density at radius 2 is 2.08 bits per heavy atom. The third kappa shape index (κ3) is 1.54. The van der Waals surface area contributed by atoms with Crippen molar-refractivity contribution in [3.63, 3.8) is 0 Å². The van der Waals surface area contributed by atoms with Gasteiger partial charge in [-0.25, -0.2) is 4.39 Å². The number of nitrogens with one attached hydrogen (secondary N) is 1. The first kappa shape index (κ1) is 7.86. The quantitative estimate of drug-likeness (QED) is 0.689. The second kappa shape index (κ2) is 2.94. The van der Waals surface area contributed by atoms with Gasteiger partial charge in [-0.1, -0.05) is 0 Å². The van der Waals surface area contributed by atoms with Crippen molar-refractivity contribution in [2.45, 2.75) is 0 Å². The molecule has 0 radical (unpaired) electrons. The van der Waals surface area contributed by atoms with Crippen molar-refractivity contribution < 1.29 is 9.50 Å². The van der Waals surface area contributed by atoms with E-state index in [1.165, 1.54) is 12.1 Å². The molecular weight excluding hydrogens is 169 g/mol. The molecule has 0 fully saturated rings. The Morgan fingerprint density at radius 1 is 1.23 bits per heavy atom. The Hall–Kier alpha value is -1.77. The van der Waals surface area contributed by atoms with Gasteiger partial charge in [-0.3, -0.25) is 0 Å². The molecule has 0 unspecified atom stereocenters. The van der Waals surface area contributed by atoms with Gasteiger partial charge in [0, 0.05) is 23.5 Å². The van der Waals surface area contributed by atoms with Gasteiger partial charge in [0.2, 0.25) is 0 Å². The highest BCUT2D eigenvalue weighted by molar-refractivity contribution is 5.61. The molecule has 0 bridgehead atoms. The maximum atomic E-state index is 12.8. The summed E-state index contributed by atoms with van der Waals surface area (Å²) in [6.07, 6.45) is 1.75. The number of aromatic hydroxyl groups is 1. The Kier molecular flexibility index (Phi) is 1.77. The van der Waals surface area contributed by atoms with Crippen molar-refractivity contribution in [1.29, 1.82) is 0 Å². The van der Waals surface area contributed by atoms with E-state index in [0.29, 0.717) is 5.56 Å². The molecule has 0 aliphatic heterocycles. The third-order valence-electron chi connectivity index (χ3n) is 1.79. The lowest BCUT2D eigenvalue weighted by molar-refractivity contribution is 0.469. The topological polar surface area (TPSA) is 36.0 Å². The highest BCUT2D eigenvalue weighted by Gasteiger charge is 2.02. The van der Waals surface area contributed by atoms with Gasteiger partial charge in [0.15, 0.2) is 0 Å². The zero-order valence-electron chi connectivity index (χ0n) is 6.79. The summed E-state index contributed by atoms with van der Waals surface area (Å²) in [6, 6.07) is 7.58. The van der Waals surface area contributed by atoms with E-state index in [4.69, 9.17) is 5.11 Å². The van der Waals surface area contributed by atoms with Crippen LogP contribution in [0.15, 0.2) is 36.5 Å². The van der Waals surface area contributed by atoms with Crippen LogP contribution in [0.1, 0.15) is 0 Å². The molecule has 1 aromatic heterocycles. The minimum absolute atomic E-state index is 0.0652.